The van der Waals surface area contributed by atoms with E-state index in [1.54, 1.807) is 24.7 Å². The summed E-state index contributed by atoms with van der Waals surface area (Å²) in [4.78, 5) is 42.3. The lowest BCUT2D eigenvalue weighted by molar-refractivity contribution is -0.123. The van der Waals surface area contributed by atoms with Gasteiger partial charge < -0.3 is 15.0 Å². The molecule has 0 saturated heterocycles. The van der Waals surface area contributed by atoms with Gasteiger partial charge in [0.25, 0.3) is 11.5 Å². The number of esters is 1. The first-order chi connectivity index (χ1) is 17.2. The molecule has 0 aliphatic heterocycles. The lowest BCUT2D eigenvalue weighted by Crippen LogP contribution is -2.32. The van der Waals surface area contributed by atoms with Gasteiger partial charge in [0.05, 0.1) is 16.9 Å². The zero-order valence-electron chi connectivity index (χ0n) is 20.9. The Bertz CT molecular complexity index is 1530. The van der Waals surface area contributed by atoms with Crippen molar-refractivity contribution in [3.05, 3.63) is 81.4 Å². The van der Waals surface area contributed by atoms with E-state index in [0.717, 1.165) is 30.2 Å². The quantitative estimate of drug-likeness (QED) is 0.412. The van der Waals surface area contributed by atoms with Crippen molar-refractivity contribution < 1.29 is 14.3 Å². The SMILES string of the molecule is Cc1c(NC(=O)C(C)OC(=O)c2ccc3[nH]c4c(c3c2)CC(C)CC4)c(=O)n(-c2ccccc2)n1C. The van der Waals surface area contributed by atoms with Gasteiger partial charge >= 0.3 is 5.97 Å². The molecule has 1 amide bonds. The third-order valence-corrected chi connectivity index (χ3v) is 7.13. The fourth-order valence-corrected chi connectivity index (χ4v) is 4.94. The number of benzene rings is 2. The van der Waals surface area contributed by atoms with Crippen LogP contribution in [0.2, 0.25) is 0 Å². The summed E-state index contributed by atoms with van der Waals surface area (Å²) in [6.07, 6.45) is 2.05. The van der Waals surface area contributed by atoms with Gasteiger partial charge in [0.1, 0.15) is 5.69 Å². The summed E-state index contributed by atoms with van der Waals surface area (Å²) in [5.74, 6) is -0.545. The van der Waals surface area contributed by atoms with Crippen LogP contribution >= 0.6 is 0 Å². The topological polar surface area (TPSA) is 98.1 Å². The Morgan fingerprint density at radius 2 is 1.92 bits per heavy atom. The lowest BCUT2D eigenvalue weighted by Gasteiger charge is -2.18. The van der Waals surface area contributed by atoms with Crippen molar-refractivity contribution in [1.82, 2.24) is 14.3 Å². The van der Waals surface area contributed by atoms with Gasteiger partial charge in [-0.3, -0.25) is 14.3 Å². The van der Waals surface area contributed by atoms with Gasteiger partial charge in [-0.15, -0.1) is 0 Å². The number of aromatic nitrogens is 3. The Kier molecular flexibility index (Phi) is 6.04. The molecule has 2 N–H and O–H groups in total. The number of amides is 1. The van der Waals surface area contributed by atoms with Crippen LogP contribution in [0.3, 0.4) is 0 Å². The highest BCUT2D eigenvalue weighted by molar-refractivity contribution is 5.99. The number of fused-ring (bicyclic) bond motifs is 3. The molecule has 0 fully saturated rings. The van der Waals surface area contributed by atoms with Crippen molar-refractivity contribution in [3.63, 3.8) is 0 Å². The van der Waals surface area contributed by atoms with E-state index in [1.165, 1.54) is 22.9 Å². The molecule has 2 unspecified atom stereocenters. The van der Waals surface area contributed by atoms with Crippen LogP contribution in [0.25, 0.3) is 16.6 Å². The largest absolute Gasteiger partial charge is 0.449 e. The van der Waals surface area contributed by atoms with E-state index in [9.17, 15) is 14.4 Å². The number of para-hydroxylation sites is 1. The van der Waals surface area contributed by atoms with E-state index in [0.29, 0.717) is 22.9 Å². The van der Waals surface area contributed by atoms with Crippen molar-refractivity contribution in [2.45, 2.75) is 46.1 Å². The zero-order chi connectivity index (χ0) is 25.6. The molecule has 0 saturated carbocycles. The predicted molar refractivity (Wildman–Crippen MR) is 139 cm³/mol. The fraction of sp³-hybridized carbons (Fsp3) is 0.321. The Balaban J connectivity index is 1.33. The van der Waals surface area contributed by atoms with Crippen LogP contribution < -0.4 is 10.9 Å². The molecule has 2 aromatic heterocycles. The van der Waals surface area contributed by atoms with E-state index in [4.69, 9.17) is 4.74 Å². The highest BCUT2D eigenvalue weighted by atomic mass is 16.5. The number of anilines is 1. The first-order valence-corrected chi connectivity index (χ1v) is 12.2. The summed E-state index contributed by atoms with van der Waals surface area (Å²) in [7, 11) is 1.75. The number of aryl methyl sites for hydroxylation is 1. The molecule has 1 aliphatic carbocycles. The second kappa shape index (κ2) is 9.18. The third-order valence-electron chi connectivity index (χ3n) is 7.13. The summed E-state index contributed by atoms with van der Waals surface area (Å²) in [6.45, 7) is 5.49. The van der Waals surface area contributed by atoms with E-state index in [-0.39, 0.29) is 11.2 Å². The first kappa shape index (κ1) is 23.7. The number of rotatable bonds is 5. The number of hydrogen-bond donors (Lipinski definition) is 2. The minimum absolute atomic E-state index is 0.156. The number of carbonyl (C=O) groups excluding carboxylic acids is 2. The maximum absolute atomic E-state index is 13.1. The van der Waals surface area contributed by atoms with Gasteiger partial charge in [0.2, 0.25) is 0 Å². The third kappa shape index (κ3) is 4.12. The number of H-pyrrole nitrogens is 1. The Morgan fingerprint density at radius 1 is 1.17 bits per heavy atom. The second-order valence-corrected chi connectivity index (χ2v) is 9.66. The van der Waals surface area contributed by atoms with Crippen LogP contribution in [-0.2, 0) is 29.4 Å². The number of carbonyl (C=O) groups is 2. The first-order valence-electron chi connectivity index (χ1n) is 12.2. The molecule has 0 bridgehead atoms. The number of aromatic amines is 1. The molecule has 186 valence electrons. The molecule has 2 aromatic carbocycles. The highest BCUT2D eigenvalue weighted by Crippen LogP contribution is 2.32. The molecule has 36 heavy (non-hydrogen) atoms. The highest BCUT2D eigenvalue weighted by Gasteiger charge is 2.25. The number of hydrogen-bond acceptors (Lipinski definition) is 4. The average molecular weight is 487 g/mol. The monoisotopic (exact) mass is 486 g/mol. The standard InChI is InChI=1S/C28H30N4O4/c1-16-10-12-23-21(14-16)22-15-19(11-13-24(22)29-23)28(35)36-18(3)26(33)30-25-17(2)31(4)32(27(25)34)20-8-6-5-7-9-20/h5-9,11,13,15-16,18,29H,10,12,14H2,1-4H3,(H,30,33). The van der Waals surface area contributed by atoms with Crippen molar-refractivity contribution in [2.75, 3.05) is 5.32 Å². The summed E-state index contributed by atoms with van der Waals surface area (Å²) in [6, 6.07) is 14.6. The molecule has 2 heterocycles. The van der Waals surface area contributed by atoms with E-state index in [2.05, 4.69) is 17.2 Å². The van der Waals surface area contributed by atoms with Crippen molar-refractivity contribution in [2.24, 2.45) is 13.0 Å². The van der Waals surface area contributed by atoms with E-state index in [1.807, 2.05) is 42.5 Å². The maximum atomic E-state index is 13.1. The number of nitrogens with zero attached hydrogens (tertiary/aromatic N) is 2. The van der Waals surface area contributed by atoms with Gasteiger partial charge in [-0.2, -0.15) is 0 Å². The number of nitrogens with one attached hydrogen (secondary N) is 2. The van der Waals surface area contributed by atoms with Crippen LogP contribution in [0.1, 0.15) is 47.6 Å². The van der Waals surface area contributed by atoms with Crippen molar-refractivity contribution >= 4 is 28.5 Å². The molecular weight excluding hydrogens is 456 g/mol. The maximum Gasteiger partial charge on any atom is 0.338 e. The normalized spacial score (nSPS) is 15.9. The van der Waals surface area contributed by atoms with Gasteiger partial charge in [-0.05, 0) is 74.9 Å². The molecule has 0 radical (unpaired) electrons. The molecule has 8 nitrogen and oxygen atoms in total. The Hall–Kier alpha value is -4.07. The van der Waals surface area contributed by atoms with Crippen LogP contribution in [0, 0.1) is 12.8 Å². The summed E-state index contributed by atoms with van der Waals surface area (Å²) < 4.78 is 8.65. The van der Waals surface area contributed by atoms with Crippen molar-refractivity contribution in [1.29, 1.82) is 0 Å². The minimum atomic E-state index is -1.09. The second-order valence-electron chi connectivity index (χ2n) is 9.66. The Morgan fingerprint density at radius 3 is 2.67 bits per heavy atom. The van der Waals surface area contributed by atoms with Crippen LogP contribution in [0.15, 0.2) is 53.3 Å². The Labute approximate surface area is 208 Å². The summed E-state index contributed by atoms with van der Waals surface area (Å²) >= 11 is 0. The predicted octanol–water partition coefficient (Wildman–Crippen LogP) is 4.27. The molecule has 2 atom stereocenters. The van der Waals surface area contributed by atoms with Crippen molar-refractivity contribution in [3.8, 4) is 5.69 Å². The molecule has 4 aromatic rings. The molecular formula is C28H30N4O4. The summed E-state index contributed by atoms with van der Waals surface area (Å²) in [5.41, 5.74) is 4.97. The smallest absolute Gasteiger partial charge is 0.338 e. The van der Waals surface area contributed by atoms with Gasteiger partial charge in [-0.25, -0.2) is 9.48 Å². The van der Waals surface area contributed by atoms with Gasteiger partial charge in [0.15, 0.2) is 6.10 Å². The number of ether oxygens (including phenoxy) is 1. The minimum Gasteiger partial charge on any atom is -0.449 e. The van der Waals surface area contributed by atoms with Crippen LogP contribution in [0.4, 0.5) is 5.69 Å². The van der Waals surface area contributed by atoms with Gasteiger partial charge in [0, 0.05) is 23.6 Å². The molecule has 1 aliphatic rings. The zero-order valence-corrected chi connectivity index (χ0v) is 20.9. The molecule has 8 heteroatoms. The van der Waals surface area contributed by atoms with E-state index >= 15 is 0 Å². The lowest BCUT2D eigenvalue weighted by atomic mass is 9.87. The molecule has 5 rings (SSSR count). The average Bonchev–Trinajstić information content (AvgIpc) is 3.33. The molecule has 0 spiro atoms. The van der Waals surface area contributed by atoms with Gasteiger partial charge in [-0.1, -0.05) is 25.1 Å². The summed E-state index contributed by atoms with van der Waals surface area (Å²) in [5, 5.41) is 3.69. The van der Waals surface area contributed by atoms with Crippen LogP contribution in [-0.4, -0.2) is 32.3 Å². The van der Waals surface area contributed by atoms with E-state index < -0.39 is 18.0 Å². The fourth-order valence-electron chi connectivity index (χ4n) is 4.94. The van der Waals surface area contributed by atoms with Crippen LogP contribution in [0.5, 0.6) is 0 Å².